The number of amides is 2. The number of hydrogen-bond acceptors (Lipinski definition) is 7. The summed E-state index contributed by atoms with van der Waals surface area (Å²) in [4.78, 5) is 35.4. The van der Waals surface area contributed by atoms with E-state index >= 15 is 0 Å². The van der Waals surface area contributed by atoms with Crippen LogP contribution in [0.1, 0.15) is 48.7 Å². The lowest BCUT2D eigenvalue weighted by molar-refractivity contribution is -0.161. The molecule has 8 nitrogen and oxygen atoms in total. The summed E-state index contributed by atoms with van der Waals surface area (Å²) >= 11 is 3.46. The van der Waals surface area contributed by atoms with E-state index in [0.29, 0.717) is 11.1 Å². The normalized spacial score (nSPS) is 13.8. The number of primary amides is 1. The molecule has 2 amide bonds. The monoisotopic (exact) mass is 536 g/mol. The molecule has 0 heterocycles. The van der Waals surface area contributed by atoms with Gasteiger partial charge in [-0.05, 0) is 41.2 Å². The van der Waals surface area contributed by atoms with Gasteiger partial charge in [0.15, 0.2) is 0 Å². The number of nitriles is 1. The molecule has 0 radical (unpaired) electrons. The number of thiol groups is 1. The third kappa shape index (κ3) is 8.80. The molecule has 0 aliphatic heterocycles. The summed E-state index contributed by atoms with van der Waals surface area (Å²) in [5.41, 5.74) is 6.48. The van der Waals surface area contributed by atoms with Crippen LogP contribution in [0.4, 0.5) is 13.2 Å². The molecule has 0 bridgehead atoms. The van der Waals surface area contributed by atoms with Crippen molar-refractivity contribution in [2.75, 3.05) is 0 Å². The summed E-state index contributed by atoms with van der Waals surface area (Å²) in [5.74, 6) is -2.46. The number of benzene rings is 2. The van der Waals surface area contributed by atoms with E-state index in [1.807, 2.05) is 0 Å². The van der Waals surface area contributed by atoms with Crippen molar-refractivity contribution < 1.29 is 31.7 Å². The molecule has 0 saturated heterocycles. The van der Waals surface area contributed by atoms with Gasteiger partial charge in [0.2, 0.25) is 11.8 Å². The van der Waals surface area contributed by atoms with Gasteiger partial charge in [-0.15, -0.1) is 0 Å². The predicted molar refractivity (Wildman–Crippen MR) is 133 cm³/mol. The van der Waals surface area contributed by atoms with Crippen molar-refractivity contribution in [3.63, 3.8) is 0 Å². The number of rotatable bonds is 11. The molecule has 0 fully saturated rings. The molecule has 2 rings (SSSR count). The van der Waals surface area contributed by atoms with Crippen LogP contribution in [0.25, 0.3) is 11.1 Å². The molecule has 3 atom stereocenters. The Bertz CT molecular complexity index is 1130. The van der Waals surface area contributed by atoms with E-state index in [0.717, 1.165) is 0 Å². The lowest BCUT2D eigenvalue weighted by Crippen LogP contribution is -2.52. The van der Waals surface area contributed by atoms with Crippen LogP contribution in [0, 0.1) is 17.2 Å². The van der Waals surface area contributed by atoms with Crippen LogP contribution in [0.3, 0.4) is 0 Å². The highest BCUT2D eigenvalue weighted by atomic mass is 32.1. The maximum atomic E-state index is 14.1. The Labute approximate surface area is 218 Å². The van der Waals surface area contributed by atoms with Crippen molar-refractivity contribution >= 4 is 30.7 Å². The third-order valence-electron chi connectivity index (χ3n) is 5.38. The van der Waals surface area contributed by atoms with Crippen molar-refractivity contribution in [1.82, 2.24) is 10.6 Å². The lowest BCUT2D eigenvalue weighted by atomic mass is 9.97. The second kappa shape index (κ2) is 13.1. The van der Waals surface area contributed by atoms with Crippen LogP contribution in [-0.2, 0) is 13.8 Å². The number of nitrogens with two attached hydrogens (primary N) is 1. The summed E-state index contributed by atoms with van der Waals surface area (Å²) < 4.78 is 46.6. The smallest absolute Gasteiger partial charge is 0.391 e. The highest BCUT2D eigenvalue weighted by molar-refractivity contribution is 7.75. The molecule has 0 aromatic heterocycles. The molecular weight excluding hydrogens is 509 g/mol. The Morgan fingerprint density at radius 2 is 1.59 bits per heavy atom. The molecule has 2 aromatic carbocycles. The first-order valence-electron chi connectivity index (χ1n) is 11.2. The van der Waals surface area contributed by atoms with Gasteiger partial charge < -0.3 is 15.2 Å². The largest absolute Gasteiger partial charge is 0.407 e. The summed E-state index contributed by atoms with van der Waals surface area (Å²) in [7, 11) is 0. The first-order chi connectivity index (χ1) is 17.3. The van der Waals surface area contributed by atoms with Gasteiger partial charge in [-0.1, -0.05) is 50.2 Å². The summed E-state index contributed by atoms with van der Waals surface area (Å²) in [6.45, 7) is 3.48. The molecule has 0 saturated carbocycles. The quantitative estimate of drug-likeness (QED) is 0.255. The standard InChI is InChI=1S/C25H27F3N4O4S/c1-14(2)11-20(23(34)31-19(13-29)12-21(30)33)32-22(25(26,27)28)17-7-3-15(4-8-17)16-5-9-18(10-6-16)24(35)36-37/h3-10,14,19-20,22,32,37H,11-12H2,1-2H3,(H2,30,33)(H,31,34)/t19-,20-,22-/m0/s1. The van der Waals surface area contributed by atoms with E-state index in [1.54, 1.807) is 32.0 Å². The highest BCUT2D eigenvalue weighted by Crippen LogP contribution is 2.34. The van der Waals surface area contributed by atoms with Crippen LogP contribution in [0.15, 0.2) is 48.5 Å². The fraction of sp³-hybridized carbons (Fsp3) is 0.360. The maximum absolute atomic E-state index is 14.1. The molecule has 0 aliphatic carbocycles. The zero-order chi connectivity index (χ0) is 27.8. The van der Waals surface area contributed by atoms with Crippen molar-refractivity contribution in [3.8, 4) is 17.2 Å². The second-order valence-electron chi connectivity index (χ2n) is 8.76. The highest BCUT2D eigenvalue weighted by Gasteiger charge is 2.43. The van der Waals surface area contributed by atoms with E-state index in [4.69, 9.17) is 11.0 Å². The van der Waals surface area contributed by atoms with E-state index in [1.165, 1.54) is 36.4 Å². The number of halogens is 3. The number of nitrogens with zero attached hydrogens (tertiary/aromatic N) is 1. The van der Waals surface area contributed by atoms with E-state index in [-0.39, 0.29) is 23.5 Å². The summed E-state index contributed by atoms with van der Waals surface area (Å²) in [5, 5.41) is 13.8. The molecule has 12 heteroatoms. The van der Waals surface area contributed by atoms with Crippen LogP contribution in [0.2, 0.25) is 0 Å². The number of hydrogen-bond donors (Lipinski definition) is 4. The first kappa shape index (κ1) is 29.7. The van der Waals surface area contributed by atoms with E-state index in [2.05, 4.69) is 27.7 Å². The molecule has 198 valence electrons. The number of carbonyl (C=O) groups is 3. The van der Waals surface area contributed by atoms with Crippen LogP contribution < -0.4 is 16.4 Å². The summed E-state index contributed by atoms with van der Waals surface area (Å²) in [6, 6.07) is 8.81. The zero-order valence-corrected chi connectivity index (χ0v) is 21.0. The Morgan fingerprint density at radius 3 is 2.03 bits per heavy atom. The van der Waals surface area contributed by atoms with Gasteiger partial charge in [0.25, 0.3) is 0 Å². The van der Waals surface area contributed by atoms with Crippen LogP contribution in [-0.4, -0.2) is 36.0 Å². The number of carbonyl (C=O) groups excluding carboxylic acids is 3. The fourth-order valence-electron chi connectivity index (χ4n) is 3.62. The number of alkyl halides is 3. The van der Waals surface area contributed by atoms with Crippen LogP contribution in [0.5, 0.6) is 0 Å². The third-order valence-corrected chi connectivity index (χ3v) is 5.54. The molecule has 0 unspecified atom stereocenters. The van der Waals surface area contributed by atoms with Gasteiger partial charge in [0.1, 0.15) is 12.1 Å². The Morgan fingerprint density at radius 1 is 1.05 bits per heavy atom. The fourth-order valence-corrected chi connectivity index (χ4v) is 3.73. The minimum atomic E-state index is -4.74. The predicted octanol–water partition coefficient (Wildman–Crippen LogP) is 3.85. The minimum Gasteiger partial charge on any atom is -0.391 e. The Hall–Kier alpha value is -3.56. The van der Waals surface area contributed by atoms with Gasteiger partial charge in [-0.2, -0.15) is 18.4 Å². The van der Waals surface area contributed by atoms with Crippen molar-refractivity contribution in [2.24, 2.45) is 11.7 Å². The molecule has 37 heavy (non-hydrogen) atoms. The minimum absolute atomic E-state index is 0.0479. The van der Waals surface area contributed by atoms with Crippen molar-refractivity contribution in [3.05, 3.63) is 59.7 Å². The zero-order valence-electron chi connectivity index (χ0n) is 20.1. The Balaban J connectivity index is 2.29. The number of nitrogens with one attached hydrogen (secondary N) is 2. The topological polar surface area (TPSA) is 134 Å². The average Bonchev–Trinajstić information content (AvgIpc) is 2.84. The molecular formula is C25H27F3N4O4S. The van der Waals surface area contributed by atoms with E-state index < -0.39 is 48.5 Å². The first-order valence-corrected chi connectivity index (χ1v) is 11.6. The average molecular weight is 537 g/mol. The van der Waals surface area contributed by atoms with Gasteiger partial charge in [0, 0.05) is 12.9 Å². The van der Waals surface area contributed by atoms with Gasteiger partial charge in [0.05, 0.1) is 24.1 Å². The van der Waals surface area contributed by atoms with Crippen molar-refractivity contribution in [1.29, 1.82) is 5.26 Å². The molecule has 0 aliphatic rings. The van der Waals surface area contributed by atoms with Crippen LogP contribution >= 0.6 is 12.9 Å². The summed E-state index contributed by atoms with van der Waals surface area (Å²) in [6.07, 6.45) is -5.16. The second-order valence-corrected chi connectivity index (χ2v) is 8.94. The van der Waals surface area contributed by atoms with Crippen molar-refractivity contribution in [2.45, 2.75) is 51.0 Å². The molecule has 0 spiro atoms. The van der Waals surface area contributed by atoms with Gasteiger partial charge in [-0.25, -0.2) is 4.79 Å². The molecule has 2 aromatic rings. The molecule has 4 N–H and O–H groups in total. The van der Waals surface area contributed by atoms with Gasteiger partial charge in [-0.3, -0.25) is 14.9 Å². The Kier molecular flexibility index (Phi) is 10.5. The maximum Gasteiger partial charge on any atom is 0.407 e. The lowest BCUT2D eigenvalue weighted by Gasteiger charge is -2.29. The SMILES string of the molecule is CC(C)C[C@H](N[C@@H](c1ccc(-c2ccc(C(=O)OS)cc2)cc1)C(F)(F)F)C(=O)N[C@H](C#N)CC(N)=O. The van der Waals surface area contributed by atoms with E-state index in [9.17, 15) is 27.6 Å². The van der Waals surface area contributed by atoms with Gasteiger partial charge >= 0.3 is 12.1 Å².